The first-order valence-corrected chi connectivity index (χ1v) is 13.3. The molecule has 1 aromatic heterocycles. The summed E-state index contributed by atoms with van der Waals surface area (Å²) in [6, 6.07) is 14.3. The first-order valence-electron chi connectivity index (χ1n) is 10.0. The molecule has 10 heteroatoms. The molecule has 3 rings (SSSR count). The fourth-order valence-corrected chi connectivity index (χ4v) is 6.16. The normalized spacial score (nSPS) is 11.5. The van der Waals surface area contributed by atoms with Crippen molar-refractivity contribution in [1.29, 1.82) is 0 Å². The van der Waals surface area contributed by atoms with Crippen LogP contribution in [0.15, 0.2) is 63.1 Å². The third-order valence-corrected chi connectivity index (χ3v) is 8.73. The number of benzene rings is 2. The van der Waals surface area contributed by atoms with Gasteiger partial charge in [0.25, 0.3) is 0 Å². The Labute approximate surface area is 196 Å². The Kier molecular flexibility index (Phi) is 8.30. The zero-order chi connectivity index (χ0) is 23.1. The molecule has 32 heavy (non-hydrogen) atoms. The second-order valence-electron chi connectivity index (χ2n) is 6.65. The molecule has 0 radical (unpaired) electrons. The molecule has 1 N–H and O–H groups in total. The lowest BCUT2D eigenvalue weighted by atomic mass is 10.2. The summed E-state index contributed by atoms with van der Waals surface area (Å²) in [7, 11) is -2.18. The Morgan fingerprint density at radius 2 is 1.88 bits per heavy atom. The molecule has 0 fully saturated rings. The van der Waals surface area contributed by atoms with Crippen LogP contribution in [0.1, 0.15) is 13.8 Å². The number of hydrogen-bond donors (Lipinski definition) is 1. The van der Waals surface area contributed by atoms with Crippen LogP contribution < -0.4 is 10.1 Å². The molecule has 1 amide bonds. The SMILES string of the molecule is CCN(CC)S(=O)(=O)c1ccc(OC)c(NC(=O)CSc2nc(-c3ccccc3)cs2)c1. The number of nitrogens with one attached hydrogen (secondary N) is 1. The average molecular weight is 492 g/mol. The van der Waals surface area contributed by atoms with Crippen LogP contribution in [0, 0.1) is 0 Å². The number of methoxy groups -OCH3 is 1. The van der Waals surface area contributed by atoms with E-state index in [0.717, 1.165) is 15.6 Å². The van der Waals surface area contributed by atoms with Gasteiger partial charge in [0.1, 0.15) is 5.75 Å². The first-order chi connectivity index (χ1) is 15.4. The van der Waals surface area contributed by atoms with Gasteiger partial charge in [0, 0.05) is 24.0 Å². The molecule has 0 aliphatic carbocycles. The van der Waals surface area contributed by atoms with Gasteiger partial charge < -0.3 is 10.1 Å². The van der Waals surface area contributed by atoms with Gasteiger partial charge in [0.15, 0.2) is 4.34 Å². The summed E-state index contributed by atoms with van der Waals surface area (Å²) in [6.45, 7) is 4.29. The van der Waals surface area contributed by atoms with Crippen LogP contribution in [0.5, 0.6) is 5.75 Å². The fraction of sp³-hybridized carbons (Fsp3) is 0.273. The number of hydrogen-bond acceptors (Lipinski definition) is 7. The maximum Gasteiger partial charge on any atom is 0.243 e. The lowest BCUT2D eigenvalue weighted by molar-refractivity contribution is -0.113. The highest BCUT2D eigenvalue weighted by molar-refractivity contribution is 8.01. The molecule has 7 nitrogen and oxygen atoms in total. The van der Waals surface area contributed by atoms with E-state index in [2.05, 4.69) is 10.3 Å². The second-order valence-corrected chi connectivity index (χ2v) is 10.7. The van der Waals surface area contributed by atoms with Crippen molar-refractivity contribution in [2.45, 2.75) is 23.1 Å². The summed E-state index contributed by atoms with van der Waals surface area (Å²) in [5.74, 6) is 0.252. The highest BCUT2D eigenvalue weighted by atomic mass is 32.2. The lowest BCUT2D eigenvalue weighted by Gasteiger charge is -2.19. The Bertz CT molecular complexity index is 1160. The van der Waals surface area contributed by atoms with E-state index in [1.54, 1.807) is 19.9 Å². The van der Waals surface area contributed by atoms with E-state index in [9.17, 15) is 13.2 Å². The standard InChI is InChI=1S/C22H25N3O4S3/c1-4-25(5-2)32(27,28)17-11-12-20(29-3)18(13-17)23-21(26)15-31-22-24-19(14-30-22)16-9-7-6-8-10-16/h6-14H,4-5,15H2,1-3H3,(H,23,26). The van der Waals surface area contributed by atoms with Crippen LogP contribution in [-0.2, 0) is 14.8 Å². The molecular formula is C22H25N3O4S3. The summed E-state index contributed by atoms with van der Waals surface area (Å²) in [5, 5.41) is 4.73. The zero-order valence-corrected chi connectivity index (χ0v) is 20.5. The number of thioether (sulfide) groups is 1. The summed E-state index contributed by atoms with van der Waals surface area (Å²) in [5.41, 5.74) is 2.21. The molecule has 170 valence electrons. The lowest BCUT2D eigenvalue weighted by Crippen LogP contribution is -2.30. The molecule has 0 aliphatic rings. The van der Waals surface area contributed by atoms with Crippen molar-refractivity contribution < 1.29 is 17.9 Å². The predicted molar refractivity (Wildman–Crippen MR) is 130 cm³/mol. The topological polar surface area (TPSA) is 88.6 Å². The number of carbonyl (C=O) groups is 1. The average Bonchev–Trinajstić information content (AvgIpc) is 3.28. The molecular weight excluding hydrogens is 466 g/mol. The van der Waals surface area contributed by atoms with Crippen LogP contribution in [-0.4, -0.2) is 49.6 Å². The molecule has 0 unspecified atom stereocenters. The third-order valence-electron chi connectivity index (χ3n) is 4.67. The molecule has 0 bridgehead atoms. The largest absolute Gasteiger partial charge is 0.495 e. The van der Waals surface area contributed by atoms with Crippen molar-refractivity contribution in [2.24, 2.45) is 0 Å². The molecule has 0 atom stereocenters. The van der Waals surface area contributed by atoms with Gasteiger partial charge in [0.2, 0.25) is 15.9 Å². The molecule has 3 aromatic rings. The highest BCUT2D eigenvalue weighted by Gasteiger charge is 2.23. The summed E-state index contributed by atoms with van der Waals surface area (Å²) in [6.07, 6.45) is 0. The molecule has 0 saturated heterocycles. The molecule has 0 saturated carbocycles. The minimum atomic E-state index is -3.65. The molecule has 0 aliphatic heterocycles. The van der Waals surface area contributed by atoms with Gasteiger partial charge in [0.05, 0.1) is 29.1 Å². The summed E-state index contributed by atoms with van der Waals surface area (Å²) in [4.78, 5) is 17.2. The van der Waals surface area contributed by atoms with Gasteiger partial charge in [-0.25, -0.2) is 13.4 Å². The van der Waals surface area contributed by atoms with Gasteiger partial charge in [-0.2, -0.15) is 4.31 Å². The Morgan fingerprint density at radius 3 is 2.53 bits per heavy atom. The smallest absolute Gasteiger partial charge is 0.243 e. The predicted octanol–water partition coefficient (Wildman–Crippen LogP) is 4.58. The van der Waals surface area contributed by atoms with Gasteiger partial charge in [-0.3, -0.25) is 4.79 Å². The van der Waals surface area contributed by atoms with E-state index >= 15 is 0 Å². The van der Waals surface area contributed by atoms with E-state index in [-0.39, 0.29) is 16.6 Å². The number of amides is 1. The van der Waals surface area contributed by atoms with E-state index in [1.165, 1.54) is 46.6 Å². The maximum atomic E-state index is 12.8. The minimum Gasteiger partial charge on any atom is -0.495 e. The molecule has 1 heterocycles. The van der Waals surface area contributed by atoms with Gasteiger partial charge in [-0.05, 0) is 18.2 Å². The Balaban J connectivity index is 1.70. The van der Waals surface area contributed by atoms with Gasteiger partial charge >= 0.3 is 0 Å². The third kappa shape index (κ3) is 5.69. The van der Waals surface area contributed by atoms with Crippen molar-refractivity contribution in [1.82, 2.24) is 9.29 Å². The number of nitrogens with zero attached hydrogens (tertiary/aromatic N) is 2. The number of carbonyl (C=O) groups excluding carboxylic acids is 1. The number of thiazole rings is 1. The Hall–Kier alpha value is -2.40. The van der Waals surface area contributed by atoms with E-state index in [0.29, 0.717) is 24.5 Å². The number of aromatic nitrogens is 1. The van der Waals surface area contributed by atoms with Crippen LogP contribution in [0.4, 0.5) is 5.69 Å². The van der Waals surface area contributed by atoms with Gasteiger partial charge in [-0.1, -0.05) is 55.9 Å². The summed E-state index contributed by atoms with van der Waals surface area (Å²) >= 11 is 2.80. The van der Waals surface area contributed by atoms with Crippen LogP contribution in [0.25, 0.3) is 11.3 Å². The summed E-state index contributed by atoms with van der Waals surface area (Å²) < 4.78 is 33.1. The van der Waals surface area contributed by atoms with Crippen LogP contribution in [0.3, 0.4) is 0 Å². The number of ether oxygens (including phenoxy) is 1. The Morgan fingerprint density at radius 1 is 1.16 bits per heavy atom. The van der Waals surface area contributed by atoms with Crippen molar-refractivity contribution in [2.75, 3.05) is 31.3 Å². The van der Waals surface area contributed by atoms with Crippen LogP contribution >= 0.6 is 23.1 Å². The number of sulfonamides is 1. The van der Waals surface area contributed by atoms with Crippen LogP contribution in [0.2, 0.25) is 0 Å². The highest BCUT2D eigenvalue weighted by Crippen LogP contribution is 2.31. The molecule has 2 aromatic carbocycles. The quantitative estimate of drug-likeness (QED) is 0.418. The van der Waals surface area contributed by atoms with Crippen molar-refractivity contribution in [3.8, 4) is 17.0 Å². The minimum absolute atomic E-state index is 0.109. The van der Waals surface area contributed by atoms with E-state index in [4.69, 9.17) is 4.74 Å². The maximum absolute atomic E-state index is 12.8. The number of anilines is 1. The second kappa shape index (κ2) is 11.0. The molecule has 0 spiro atoms. The number of rotatable bonds is 10. The van der Waals surface area contributed by atoms with Crippen molar-refractivity contribution >= 4 is 44.7 Å². The van der Waals surface area contributed by atoms with E-state index < -0.39 is 10.0 Å². The fourth-order valence-electron chi connectivity index (χ4n) is 3.04. The van der Waals surface area contributed by atoms with Crippen molar-refractivity contribution in [3.05, 3.63) is 53.9 Å². The first kappa shape index (κ1) is 24.2. The zero-order valence-electron chi connectivity index (χ0n) is 18.1. The van der Waals surface area contributed by atoms with E-state index in [1.807, 2.05) is 35.7 Å². The van der Waals surface area contributed by atoms with Gasteiger partial charge in [-0.15, -0.1) is 11.3 Å². The van der Waals surface area contributed by atoms with Crippen molar-refractivity contribution in [3.63, 3.8) is 0 Å². The monoisotopic (exact) mass is 491 g/mol.